The average molecular weight is 400 g/mol. The minimum atomic E-state index is -0.214. The van der Waals surface area contributed by atoms with Crippen molar-refractivity contribution >= 4 is 27.5 Å². The van der Waals surface area contributed by atoms with Crippen LogP contribution in [0.4, 0.5) is 0 Å². The van der Waals surface area contributed by atoms with Crippen LogP contribution in [0.1, 0.15) is 11.1 Å². The van der Waals surface area contributed by atoms with Gasteiger partial charge < -0.3 is 14.2 Å². The molecule has 4 heteroatoms. The second kappa shape index (κ2) is 8.87. The molecule has 4 rings (SSSR count). The van der Waals surface area contributed by atoms with E-state index in [0.29, 0.717) is 13.0 Å². The first-order valence-electron chi connectivity index (χ1n) is 9.93. The van der Waals surface area contributed by atoms with Crippen LogP contribution in [0.25, 0.3) is 21.5 Å². The van der Waals surface area contributed by atoms with Gasteiger partial charge in [0.15, 0.2) is 0 Å². The van der Waals surface area contributed by atoms with E-state index in [1.165, 1.54) is 0 Å². The first-order valence-corrected chi connectivity index (χ1v) is 9.93. The summed E-state index contributed by atoms with van der Waals surface area (Å²) in [7, 11) is 3.32. The van der Waals surface area contributed by atoms with E-state index in [9.17, 15) is 4.79 Å². The fraction of sp³-hybridized carbons (Fsp3) is 0.192. The number of carbonyl (C=O) groups excluding carboxylic acids is 1. The van der Waals surface area contributed by atoms with Gasteiger partial charge in [-0.25, -0.2) is 0 Å². The lowest BCUT2D eigenvalue weighted by molar-refractivity contribution is -0.142. The number of rotatable bonds is 7. The zero-order chi connectivity index (χ0) is 20.9. The summed E-state index contributed by atoms with van der Waals surface area (Å²) in [6.07, 6.45) is 0.949. The van der Waals surface area contributed by atoms with Crippen molar-refractivity contribution in [3.8, 4) is 11.5 Å². The molecule has 152 valence electrons. The monoisotopic (exact) mass is 400 g/mol. The van der Waals surface area contributed by atoms with E-state index in [1.54, 1.807) is 14.2 Å². The predicted octanol–water partition coefficient (Wildman–Crippen LogP) is 5.34. The van der Waals surface area contributed by atoms with Gasteiger partial charge in [-0.1, -0.05) is 48.5 Å². The molecule has 0 heterocycles. The molecular formula is C26H24O4. The van der Waals surface area contributed by atoms with Crippen molar-refractivity contribution in [2.45, 2.75) is 12.8 Å². The molecule has 0 fully saturated rings. The lowest BCUT2D eigenvalue weighted by Gasteiger charge is -2.08. The van der Waals surface area contributed by atoms with Gasteiger partial charge in [-0.05, 0) is 56.9 Å². The molecule has 0 aliphatic rings. The minimum Gasteiger partial charge on any atom is -0.497 e. The van der Waals surface area contributed by atoms with E-state index in [-0.39, 0.29) is 12.4 Å². The fourth-order valence-corrected chi connectivity index (χ4v) is 3.57. The maximum Gasteiger partial charge on any atom is 0.310 e. The molecule has 4 aromatic carbocycles. The molecule has 30 heavy (non-hydrogen) atoms. The fourth-order valence-electron chi connectivity index (χ4n) is 3.57. The Hall–Kier alpha value is -3.53. The summed E-state index contributed by atoms with van der Waals surface area (Å²) < 4.78 is 16.0. The van der Waals surface area contributed by atoms with E-state index in [2.05, 4.69) is 18.2 Å². The summed E-state index contributed by atoms with van der Waals surface area (Å²) in [5.74, 6) is 1.45. The highest BCUT2D eigenvalue weighted by molar-refractivity contribution is 5.86. The Kier molecular flexibility index (Phi) is 5.84. The Morgan fingerprint density at radius 1 is 0.667 bits per heavy atom. The predicted molar refractivity (Wildman–Crippen MR) is 119 cm³/mol. The highest BCUT2D eigenvalue weighted by atomic mass is 16.5. The van der Waals surface area contributed by atoms with Crippen molar-refractivity contribution in [1.29, 1.82) is 0 Å². The Morgan fingerprint density at radius 3 is 1.77 bits per heavy atom. The number of esters is 1. The van der Waals surface area contributed by atoms with E-state index >= 15 is 0 Å². The number of fused-ring (bicyclic) bond motifs is 2. The van der Waals surface area contributed by atoms with Gasteiger partial charge in [0.25, 0.3) is 0 Å². The first-order chi connectivity index (χ1) is 14.6. The molecule has 4 nitrogen and oxygen atoms in total. The molecule has 0 aliphatic heterocycles. The third-order valence-corrected chi connectivity index (χ3v) is 5.23. The maximum absolute atomic E-state index is 12.3. The molecule has 4 aromatic rings. The van der Waals surface area contributed by atoms with Crippen molar-refractivity contribution in [3.63, 3.8) is 0 Å². The number of ether oxygens (including phenoxy) is 3. The van der Waals surface area contributed by atoms with Gasteiger partial charge in [-0.2, -0.15) is 0 Å². The quantitative estimate of drug-likeness (QED) is 0.393. The summed E-state index contributed by atoms with van der Waals surface area (Å²) in [6.45, 7) is 0.366. The number of hydrogen-bond donors (Lipinski definition) is 0. The van der Waals surface area contributed by atoms with Crippen LogP contribution < -0.4 is 9.47 Å². The summed E-state index contributed by atoms with van der Waals surface area (Å²) >= 11 is 0. The van der Waals surface area contributed by atoms with Crippen molar-refractivity contribution in [2.24, 2.45) is 0 Å². The topological polar surface area (TPSA) is 44.8 Å². The summed E-state index contributed by atoms with van der Waals surface area (Å²) in [4.78, 5) is 12.3. The Morgan fingerprint density at radius 2 is 1.17 bits per heavy atom. The maximum atomic E-state index is 12.3. The van der Waals surface area contributed by atoms with Gasteiger partial charge in [0, 0.05) is 6.42 Å². The van der Waals surface area contributed by atoms with Gasteiger partial charge in [-0.15, -0.1) is 0 Å². The molecular weight excluding hydrogens is 376 g/mol. The molecule has 0 saturated carbocycles. The van der Waals surface area contributed by atoms with Crippen LogP contribution in [-0.2, 0) is 22.4 Å². The molecule has 0 atom stereocenters. The highest BCUT2D eigenvalue weighted by Gasteiger charge is 2.07. The SMILES string of the molecule is COc1ccc2cc(CCOC(=O)Cc3ccc4cc(OC)ccc4c3)ccc2c1. The largest absolute Gasteiger partial charge is 0.497 e. The molecule has 0 bridgehead atoms. The molecule has 0 aromatic heterocycles. The number of benzene rings is 4. The third-order valence-electron chi connectivity index (χ3n) is 5.23. The Bertz CT molecular complexity index is 1200. The molecule has 0 spiro atoms. The zero-order valence-corrected chi connectivity index (χ0v) is 17.2. The first kappa shape index (κ1) is 19.8. The normalized spacial score (nSPS) is 10.9. The summed E-state index contributed by atoms with van der Waals surface area (Å²) in [5.41, 5.74) is 2.08. The van der Waals surface area contributed by atoms with Crippen LogP contribution in [0.3, 0.4) is 0 Å². The smallest absolute Gasteiger partial charge is 0.310 e. The molecule has 0 radical (unpaired) electrons. The van der Waals surface area contributed by atoms with Crippen molar-refractivity contribution in [1.82, 2.24) is 0 Å². The van der Waals surface area contributed by atoms with Crippen LogP contribution in [0, 0.1) is 0 Å². The number of methoxy groups -OCH3 is 2. The summed E-state index contributed by atoms with van der Waals surface area (Å²) in [6, 6.07) is 24.1. The number of hydrogen-bond acceptors (Lipinski definition) is 4. The molecule has 0 amide bonds. The van der Waals surface area contributed by atoms with Gasteiger partial charge >= 0.3 is 5.97 Å². The molecule has 0 saturated heterocycles. The van der Waals surface area contributed by atoms with E-state index < -0.39 is 0 Å². The van der Waals surface area contributed by atoms with Gasteiger partial charge in [0.1, 0.15) is 11.5 Å². The van der Waals surface area contributed by atoms with Crippen LogP contribution in [0.15, 0.2) is 72.8 Å². The second-order valence-corrected chi connectivity index (χ2v) is 7.24. The van der Waals surface area contributed by atoms with Crippen molar-refractivity contribution in [3.05, 3.63) is 83.9 Å². The van der Waals surface area contributed by atoms with Crippen LogP contribution >= 0.6 is 0 Å². The third kappa shape index (κ3) is 4.54. The molecule has 0 N–H and O–H groups in total. The molecule has 0 aliphatic carbocycles. The van der Waals surface area contributed by atoms with E-state index in [1.807, 2.05) is 54.6 Å². The van der Waals surface area contributed by atoms with Gasteiger partial charge in [0.05, 0.1) is 27.2 Å². The van der Waals surface area contributed by atoms with Crippen molar-refractivity contribution in [2.75, 3.05) is 20.8 Å². The van der Waals surface area contributed by atoms with Crippen LogP contribution in [0.5, 0.6) is 11.5 Å². The lowest BCUT2D eigenvalue weighted by Crippen LogP contribution is -2.10. The standard InChI is InChI=1S/C26H24O4/c1-28-24-9-7-20-13-18(3-5-22(20)16-24)11-12-30-26(27)15-19-4-6-23-17-25(29-2)10-8-21(23)14-19/h3-10,13-14,16-17H,11-12,15H2,1-2H3. The summed E-state index contributed by atoms with van der Waals surface area (Å²) in [5, 5.41) is 4.44. The molecule has 0 unspecified atom stereocenters. The van der Waals surface area contributed by atoms with Gasteiger partial charge in [0.2, 0.25) is 0 Å². The highest BCUT2D eigenvalue weighted by Crippen LogP contribution is 2.23. The average Bonchev–Trinajstić information content (AvgIpc) is 2.78. The van der Waals surface area contributed by atoms with Crippen LogP contribution in [0.2, 0.25) is 0 Å². The van der Waals surface area contributed by atoms with Crippen LogP contribution in [-0.4, -0.2) is 26.8 Å². The zero-order valence-electron chi connectivity index (χ0n) is 17.2. The Balaban J connectivity index is 1.33. The second-order valence-electron chi connectivity index (χ2n) is 7.24. The lowest BCUT2D eigenvalue weighted by atomic mass is 10.0. The van der Waals surface area contributed by atoms with Gasteiger partial charge in [-0.3, -0.25) is 4.79 Å². The Labute approximate surface area is 176 Å². The van der Waals surface area contributed by atoms with E-state index in [0.717, 1.165) is 44.2 Å². The van der Waals surface area contributed by atoms with E-state index in [4.69, 9.17) is 14.2 Å². The number of carbonyl (C=O) groups is 1. The minimum absolute atomic E-state index is 0.214. The van der Waals surface area contributed by atoms with Crippen molar-refractivity contribution < 1.29 is 19.0 Å².